The van der Waals surface area contributed by atoms with Crippen LogP contribution in [0.25, 0.3) is 11.3 Å². The number of nitro groups is 1. The number of hydrogen-bond acceptors (Lipinski definition) is 7. The van der Waals surface area contributed by atoms with Crippen LogP contribution < -0.4 is 4.74 Å². The van der Waals surface area contributed by atoms with Crippen LogP contribution in [-0.2, 0) is 19.4 Å². The number of benzene rings is 1. The normalized spacial score (nSPS) is 11.0. The molecule has 0 aliphatic rings. The molecule has 0 saturated heterocycles. The smallest absolute Gasteiger partial charge is 0.406 e. The molecule has 0 bridgehead atoms. The quantitative estimate of drug-likeness (QED) is 0.228. The summed E-state index contributed by atoms with van der Waals surface area (Å²) in [6.45, 7) is 2.85. The molecule has 0 N–H and O–H groups in total. The summed E-state index contributed by atoms with van der Waals surface area (Å²) in [5.74, 6) is -0.760. The number of nitrogens with zero attached hydrogens (tertiary/aromatic N) is 5. The van der Waals surface area contributed by atoms with E-state index in [0.29, 0.717) is 27.7 Å². The largest absolute Gasteiger partial charge is 0.485 e. The average Bonchev–Trinajstić information content (AvgIpc) is 3.43. The molecule has 0 fully saturated rings. The maximum atomic E-state index is 14.0. The van der Waals surface area contributed by atoms with Crippen molar-refractivity contribution in [1.29, 1.82) is 0 Å². The Hall–Kier alpha value is -3.60. The SMILES string of the molecule is CCn1cc(Cc2conc2-c2ccc(F)cc2CCOc2cc(Br)cnc2[N+](=O)[O-])cn1. The van der Waals surface area contributed by atoms with Crippen molar-refractivity contribution >= 4 is 21.7 Å². The molecule has 33 heavy (non-hydrogen) atoms. The topological polar surface area (TPSA) is 109 Å². The zero-order valence-corrected chi connectivity index (χ0v) is 19.2. The van der Waals surface area contributed by atoms with E-state index in [9.17, 15) is 14.5 Å². The number of pyridine rings is 1. The molecular formula is C22H19BrFN5O4. The van der Waals surface area contributed by atoms with Crippen LogP contribution in [0.4, 0.5) is 10.2 Å². The summed E-state index contributed by atoms with van der Waals surface area (Å²) in [5.41, 5.74) is 3.78. The highest BCUT2D eigenvalue weighted by Gasteiger charge is 2.19. The van der Waals surface area contributed by atoms with E-state index in [2.05, 4.69) is 31.2 Å². The van der Waals surface area contributed by atoms with Crippen molar-refractivity contribution in [2.45, 2.75) is 26.3 Å². The van der Waals surface area contributed by atoms with Gasteiger partial charge < -0.3 is 19.4 Å². The maximum absolute atomic E-state index is 14.0. The summed E-state index contributed by atoms with van der Waals surface area (Å²) in [5, 5.41) is 19.6. The first-order valence-electron chi connectivity index (χ1n) is 10.1. The van der Waals surface area contributed by atoms with Crippen LogP contribution in [0.2, 0.25) is 0 Å². The highest BCUT2D eigenvalue weighted by atomic mass is 79.9. The highest BCUT2D eigenvalue weighted by Crippen LogP contribution is 2.30. The van der Waals surface area contributed by atoms with Gasteiger partial charge in [0.15, 0.2) is 6.20 Å². The maximum Gasteiger partial charge on any atom is 0.406 e. The van der Waals surface area contributed by atoms with E-state index in [4.69, 9.17) is 9.26 Å². The Morgan fingerprint density at radius 3 is 2.88 bits per heavy atom. The standard InChI is InChI=1S/C22H19BrFN5O4/c1-2-28-12-14(10-26-28)7-16-13-33-27-21(16)19-4-3-18(24)8-15(19)5-6-32-20-9-17(23)11-25-22(20)29(30)31/h3-4,8-13H,2,5-7H2,1H3. The summed E-state index contributed by atoms with van der Waals surface area (Å²) in [6, 6.07) is 5.88. The van der Waals surface area contributed by atoms with Crippen molar-refractivity contribution in [3.05, 3.63) is 86.2 Å². The van der Waals surface area contributed by atoms with E-state index in [1.807, 2.05) is 17.8 Å². The van der Waals surface area contributed by atoms with Crippen molar-refractivity contribution in [1.82, 2.24) is 19.9 Å². The third-order valence-corrected chi connectivity index (χ3v) is 5.41. The van der Waals surface area contributed by atoms with E-state index >= 15 is 0 Å². The minimum Gasteiger partial charge on any atom is -0.485 e. The molecule has 4 rings (SSSR count). The summed E-state index contributed by atoms with van der Waals surface area (Å²) in [4.78, 5) is 14.4. The second kappa shape index (κ2) is 9.90. The highest BCUT2D eigenvalue weighted by molar-refractivity contribution is 9.10. The van der Waals surface area contributed by atoms with Crippen LogP contribution in [0.15, 0.2) is 58.1 Å². The molecule has 0 unspecified atom stereocenters. The zero-order valence-electron chi connectivity index (χ0n) is 17.6. The molecule has 3 aromatic heterocycles. The predicted molar refractivity (Wildman–Crippen MR) is 120 cm³/mol. The third kappa shape index (κ3) is 5.25. The van der Waals surface area contributed by atoms with Gasteiger partial charge in [0.1, 0.15) is 17.8 Å². The van der Waals surface area contributed by atoms with Gasteiger partial charge in [0.25, 0.3) is 0 Å². The number of rotatable bonds is 9. The van der Waals surface area contributed by atoms with Gasteiger partial charge in [-0.25, -0.2) is 4.39 Å². The van der Waals surface area contributed by atoms with Crippen molar-refractivity contribution in [2.75, 3.05) is 6.61 Å². The number of hydrogen-bond donors (Lipinski definition) is 0. The molecule has 0 aliphatic heterocycles. The Morgan fingerprint density at radius 2 is 2.12 bits per heavy atom. The molecule has 0 amide bonds. The zero-order chi connectivity index (χ0) is 23.4. The molecule has 3 heterocycles. The molecule has 11 heteroatoms. The molecule has 0 radical (unpaired) electrons. The molecule has 0 aliphatic carbocycles. The van der Waals surface area contributed by atoms with E-state index in [-0.39, 0.29) is 24.6 Å². The Morgan fingerprint density at radius 1 is 1.27 bits per heavy atom. The molecule has 170 valence electrons. The minimum absolute atomic E-state index is 0.0300. The number of ether oxygens (including phenoxy) is 1. The van der Waals surface area contributed by atoms with Crippen LogP contribution in [0.3, 0.4) is 0 Å². The lowest BCUT2D eigenvalue weighted by molar-refractivity contribution is -0.390. The predicted octanol–water partition coefficient (Wildman–Crippen LogP) is 4.98. The number of halogens is 2. The minimum atomic E-state index is -0.613. The summed E-state index contributed by atoms with van der Waals surface area (Å²) >= 11 is 3.23. The Labute approximate surface area is 196 Å². The molecule has 1 aromatic carbocycles. The molecular weight excluding hydrogens is 497 g/mol. The van der Waals surface area contributed by atoms with Crippen LogP contribution in [-0.4, -0.2) is 31.5 Å². The molecule has 0 spiro atoms. The van der Waals surface area contributed by atoms with Gasteiger partial charge in [-0.15, -0.1) is 0 Å². The van der Waals surface area contributed by atoms with E-state index in [0.717, 1.165) is 17.7 Å². The fourth-order valence-corrected chi connectivity index (χ4v) is 3.73. The monoisotopic (exact) mass is 515 g/mol. The van der Waals surface area contributed by atoms with Gasteiger partial charge >= 0.3 is 5.82 Å². The van der Waals surface area contributed by atoms with Crippen LogP contribution in [0.1, 0.15) is 23.6 Å². The first-order valence-corrected chi connectivity index (χ1v) is 10.9. The third-order valence-electron chi connectivity index (χ3n) is 4.97. The Kier molecular flexibility index (Phi) is 6.78. The number of aromatic nitrogens is 4. The first kappa shape index (κ1) is 22.6. The van der Waals surface area contributed by atoms with Crippen molar-refractivity contribution in [3.63, 3.8) is 0 Å². The molecule has 0 saturated carbocycles. The van der Waals surface area contributed by atoms with Gasteiger partial charge in [-0.2, -0.15) is 5.10 Å². The summed E-state index contributed by atoms with van der Waals surface area (Å²) < 4.78 is 27.3. The van der Waals surface area contributed by atoms with Crippen LogP contribution >= 0.6 is 15.9 Å². The second-order valence-corrected chi connectivity index (χ2v) is 8.12. The molecule has 4 aromatic rings. The number of aryl methyl sites for hydroxylation is 1. The molecule has 0 atom stereocenters. The summed E-state index contributed by atoms with van der Waals surface area (Å²) in [7, 11) is 0. The van der Waals surface area contributed by atoms with Gasteiger partial charge in [0.2, 0.25) is 5.75 Å². The van der Waals surface area contributed by atoms with E-state index < -0.39 is 10.7 Å². The average molecular weight is 516 g/mol. The fourth-order valence-electron chi connectivity index (χ4n) is 3.42. The van der Waals surface area contributed by atoms with Gasteiger partial charge in [0.05, 0.1) is 17.3 Å². The fraction of sp³-hybridized carbons (Fsp3) is 0.227. The first-order chi connectivity index (χ1) is 15.9. The van der Waals surface area contributed by atoms with E-state index in [1.165, 1.54) is 24.4 Å². The Bertz CT molecular complexity index is 1290. The lowest BCUT2D eigenvalue weighted by atomic mass is 9.97. The van der Waals surface area contributed by atoms with Gasteiger partial charge in [-0.3, -0.25) is 4.68 Å². The van der Waals surface area contributed by atoms with Crippen molar-refractivity contribution in [3.8, 4) is 17.0 Å². The molecule has 9 nitrogen and oxygen atoms in total. The second-order valence-electron chi connectivity index (χ2n) is 7.20. The van der Waals surface area contributed by atoms with Gasteiger partial charge in [0, 0.05) is 42.8 Å². The van der Waals surface area contributed by atoms with Gasteiger partial charge in [-0.05, 0) is 62.1 Å². The van der Waals surface area contributed by atoms with Crippen molar-refractivity contribution < 1.29 is 18.6 Å². The lowest BCUT2D eigenvalue weighted by Gasteiger charge is -2.11. The van der Waals surface area contributed by atoms with Gasteiger partial charge in [-0.1, -0.05) is 5.16 Å². The van der Waals surface area contributed by atoms with Crippen LogP contribution in [0.5, 0.6) is 5.75 Å². The van der Waals surface area contributed by atoms with Crippen LogP contribution in [0, 0.1) is 15.9 Å². The lowest BCUT2D eigenvalue weighted by Crippen LogP contribution is -2.06. The Balaban J connectivity index is 1.55. The van der Waals surface area contributed by atoms with E-state index in [1.54, 1.807) is 18.5 Å². The summed E-state index contributed by atoms with van der Waals surface area (Å²) in [6.07, 6.45) is 7.48. The van der Waals surface area contributed by atoms with Crippen molar-refractivity contribution in [2.24, 2.45) is 0 Å².